The molecule has 2 nitrogen and oxygen atoms in total. The molecule has 0 atom stereocenters. The summed E-state index contributed by atoms with van der Waals surface area (Å²) in [5, 5.41) is 0. The number of rotatable bonds is 2. The van der Waals surface area contributed by atoms with Gasteiger partial charge in [0, 0.05) is 0 Å². The summed E-state index contributed by atoms with van der Waals surface area (Å²) in [4.78, 5) is 13.1. The standard InChI is InChI=1S/C9H8FNO/c1-2-7-3-4-8(10)9(5-7)11-6-12/h3-5H,2H2,1H3. The molecule has 0 unspecified atom stereocenters. The van der Waals surface area contributed by atoms with Crippen molar-refractivity contribution in [3.8, 4) is 0 Å². The van der Waals surface area contributed by atoms with Gasteiger partial charge >= 0.3 is 0 Å². The number of aryl methyl sites for hydroxylation is 1. The van der Waals surface area contributed by atoms with E-state index >= 15 is 0 Å². The fourth-order valence-electron chi connectivity index (χ4n) is 0.913. The lowest BCUT2D eigenvalue weighted by Crippen LogP contribution is -1.81. The first kappa shape index (κ1) is 8.62. The average molecular weight is 165 g/mol. The predicted molar refractivity (Wildman–Crippen MR) is 43.6 cm³/mol. The molecular formula is C9H8FNO. The predicted octanol–water partition coefficient (Wildman–Crippen LogP) is 2.36. The van der Waals surface area contributed by atoms with Gasteiger partial charge in [0.2, 0.25) is 6.08 Å². The summed E-state index contributed by atoms with van der Waals surface area (Å²) in [5.74, 6) is -0.490. The van der Waals surface area contributed by atoms with Crippen LogP contribution in [0.3, 0.4) is 0 Å². The summed E-state index contributed by atoms with van der Waals surface area (Å²) >= 11 is 0. The fraction of sp³-hybridized carbons (Fsp3) is 0.222. The topological polar surface area (TPSA) is 29.4 Å². The molecule has 0 bridgehead atoms. The highest BCUT2D eigenvalue weighted by Crippen LogP contribution is 2.18. The van der Waals surface area contributed by atoms with E-state index in [1.807, 2.05) is 6.92 Å². The molecule has 0 aromatic heterocycles. The van der Waals surface area contributed by atoms with Gasteiger partial charge in [0.15, 0.2) is 0 Å². The van der Waals surface area contributed by atoms with Crippen molar-refractivity contribution in [3.05, 3.63) is 29.6 Å². The van der Waals surface area contributed by atoms with E-state index < -0.39 is 5.82 Å². The number of hydrogen-bond acceptors (Lipinski definition) is 2. The van der Waals surface area contributed by atoms with Crippen LogP contribution in [0.1, 0.15) is 12.5 Å². The van der Waals surface area contributed by atoms with Crippen molar-refractivity contribution >= 4 is 11.8 Å². The van der Waals surface area contributed by atoms with Crippen LogP contribution in [0.4, 0.5) is 10.1 Å². The lowest BCUT2D eigenvalue weighted by atomic mass is 10.1. The molecule has 12 heavy (non-hydrogen) atoms. The lowest BCUT2D eigenvalue weighted by Gasteiger charge is -1.97. The number of hydrogen-bond donors (Lipinski definition) is 0. The molecule has 0 saturated heterocycles. The largest absolute Gasteiger partial charge is 0.240 e. The van der Waals surface area contributed by atoms with Crippen molar-refractivity contribution < 1.29 is 9.18 Å². The van der Waals surface area contributed by atoms with Crippen molar-refractivity contribution in [3.63, 3.8) is 0 Å². The summed E-state index contributed by atoms with van der Waals surface area (Å²) in [7, 11) is 0. The first-order valence-corrected chi connectivity index (χ1v) is 3.64. The lowest BCUT2D eigenvalue weighted by molar-refractivity contribution is 0.564. The third-order valence-corrected chi connectivity index (χ3v) is 1.58. The minimum atomic E-state index is -0.490. The van der Waals surface area contributed by atoms with E-state index in [0.29, 0.717) is 0 Å². The molecule has 62 valence electrons. The van der Waals surface area contributed by atoms with E-state index in [1.54, 1.807) is 12.1 Å². The van der Waals surface area contributed by atoms with Gasteiger partial charge in [-0.2, -0.15) is 4.99 Å². The summed E-state index contributed by atoms with van der Waals surface area (Å²) in [5.41, 5.74) is 1.01. The van der Waals surface area contributed by atoms with Gasteiger partial charge in [0.1, 0.15) is 11.5 Å². The van der Waals surface area contributed by atoms with E-state index in [1.165, 1.54) is 12.1 Å². The molecule has 1 aromatic rings. The van der Waals surface area contributed by atoms with Crippen LogP contribution in [0, 0.1) is 5.82 Å². The van der Waals surface area contributed by atoms with Crippen LogP contribution in [0.5, 0.6) is 0 Å². The van der Waals surface area contributed by atoms with E-state index in [-0.39, 0.29) is 5.69 Å². The minimum absolute atomic E-state index is 0.0596. The van der Waals surface area contributed by atoms with E-state index in [2.05, 4.69) is 4.99 Å². The third-order valence-electron chi connectivity index (χ3n) is 1.58. The van der Waals surface area contributed by atoms with Gasteiger partial charge in [-0.05, 0) is 24.1 Å². The Labute approximate surface area is 69.7 Å². The SMILES string of the molecule is CCc1ccc(F)c(N=C=O)c1. The van der Waals surface area contributed by atoms with Gasteiger partial charge in [0.05, 0.1) is 0 Å². The maximum absolute atomic E-state index is 12.8. The van der Waals surface area contributed by atoms with Crippen molar-refractivity contribution in [1.82, 2.24) is 0 Å². The van der Waals surface area contributed by atoms with Gasteiger partial charge in [-0.15, -0.1) is 0 Å². The second kappa shape index (κ2) is 3.79. The summed E-state index contributed by atoms with van der Waals surface area (Å²) in [6.07, 6.45) is 2.10. The van der Waals surface area contributed by atoms with Gasteiger partial charge in [0.25, 0.3) is 0 Å². The number of benzene rings is 1. The quantitative estimate of drug-likeness (QED) is 0.488. The summed E-state index contributed by atoms with van der Waals surface area (Å²) < 4.78 is 12.8. The fourth-order valence-corrected chi connectivity index (χ4v) is 0.913. The summed E-state index contributed by atoms with van der Waals surface area (Å²) in [6.45, 7) is 1.95. The number of aliphatic imine (C=N–C) groups is 1. The average Bonchev–Trinajstić information content (AvgIpc) is 2.09. The normalized spacial score (nSPS) is 9.17. The Morgan fingerprint density at radius 1 is 1.58 bits per heavy atom. The molecule has 0 spiro atoms. The van der Waals surface area contributed by atoms with Crippen molar-refractivity contribution in [2.24, 2.45) is 4.99 Å². The van der Waals surface area contributed by atoms with E-state index in [0.717, 1.165) is 12.0 Å². The Kier molecular flexibility index (Phi) is 2.72. The van der Waals surface area contributed by atoms with Crippen molar-refractivity contribution in [2.75, 3.05) is 0 Å². The van der Waals surface area contributed by atoms with Gasteiger partial charge in [-0.3, -0.25) is 0 Å². The second-order valence-corrected chi connectivity index (χ2v) is 2.34. The van der Waals surface area contributed by atoms with Crippen molar-refractivity contribution in [1.29, 1.82) is 0 Å². The Balaban J connectivity index is 3.16. The zero-order valence-corrected chi connectivity index (χ0v) is 6.67. The van der Waals surface area contributed by atoms with Crippen LogP contribution in [-0.4, -0.2) is 6.08 Å². The van der Waals surface area contributed by atoms with Crippen LogP contribution < -0.4 is 0 Å². The Bertz CT molecular complexity index is 329. The number of isocyanates is 1. The maximum Gasteiger partial charge on any atom is 0.240 e. The molecule has 1 rings (SSSR count). The Morgan fingerprint density at radius 3 is 2.92 bits per heavy atom. The Hall–Kier alpha value is -1.47. The summed E-state index contributed by atoms with van der Waals surface area (Å²) in [6, 6.07) is 4.51. The van der Waals surface area contributed by atoms with Crippen LogP contribution in [0.15, 0.2) is 23.2 Å². The molecule has 3 heteroatoms. The third kappa shape index (κ3) is 1.77. The highest BCUT2D eigenvalue weighted by Gasteiger charge is 2.00. The van der Waals surface area contributed by atoms with Gasteiger partial charge < -0.3 is 0 Å². The van der Waals surface area contributed by atoms with Crippen LogP contribution in [-0.2, 0) is 11.2 Å². The Morgan fingerprint density at radius 2 is 2.33 bits per heavy atom. The first-order valence-electron chi connectivity index (χ1n) is 3.64. The van der Waals surface area contributed by atoms with Gasteiger partial charge in [-0.25, -0.2) is 9.18 Å². The number of carbonyl (C=O) groups excluding carboxylic acids is 1. The van der Waals surface area contributed by atoms with Crippen molar-refractivity contribution in [2.45, 2.75) is 13.3 Å². The zero-order valence-electron chi connectivity index (χ0n) is 6.67. The number of nitrogens with zero attached hydrogens (tertiary/aromatic N) is 1. The molecule has 0 aliphatic carbocycles. The van der Waals surface area contributed by atoms with Crippen LogP contribution in [0.25, 0.3) is 0 Å². The van der Waals surface area contributed by atoms with E-state index in [9.17, 15) is 9.18 Å². The first-order chi connectivity index (χ1) is 5.77. The molecule has 0 amide bonds. The maximum atomic E-state index is 12.8. The van der Waals surface area contributed by atoms with E-state index in [4.69, 9.17) is 0 Å². The van der Waals surface area contributed by atoms with Crippen LogP contribution in [0.2, 0.25) is 0 Å². The molecule has 0 fully saturated rings. The molecule has 0 saturated carbocycles. The second-order valence-electron chi connectivity index (χ2n) is 2.34. The highest BCUT2D eigenvalue weighted by atomic mass is 19.1. The molecule has 0 radical (unpaired) electrons. The molecule has 0 heterocycles. The molecule has 1 aromatic carbocycles. The molecule has 0 aliphatic rings. The smallest absolute Gasteiger partial charge is 0.211 e. The molecular weight excluding hydrogens is 157 g/mol. The van der Waals surface area contributed by atoms with Crippen LogP contribution >= 0.6 is 0 Å². The number of halogens is 1. The zero-order chi connectivity index (χ0) is 8.97. The molecule has 0 aliphatic heterocycles. The minimum Gasteiger partial charge on any atom is -0.211 e. The monoisotopic (exact) mass is 165 g/mol. The molecule has 0 N–H and O–H groups in total. The highest BCUT2D eigenvalue weighted by molar-refractivity contribution is 5.50. The van der Waals surface area contributed by atoms with Gasteiger partial charge in [-0.1, -0.05) is 13.0 Å².